The molecule has 6 heteroatoms. The molecular formula is C15H21ClN2O3. The van der Waals surface area contributed by atoms with Crippen molar-refractivity contribution in [2.45, 2.75) is 12.8 Å². The molecule has 0 radical (unpaired) electrons. The maximum atomic E-state index is 12.4. The summed E-state index contributed by atoms with van der Waals surface area (Å²) < 4.78 is 10.5. The van der Waals surface area contributed by atoms with E-state index in [2.05, 4.69) is 10.2 Å². The monoisotopic (exact) mass is 312 g/mol. The van der Waals surface area contributed by atoms with Gasteiger partial charge in [0.25, 0.3) is 0 Å². The fraction of sp³-hybridized carbons (Fsp3) is 0.533. The molecule has 0 spiro atoms. The van der Waals surface area contributed by atoms with Crippen molar-refractivity contribution in [2.75, 3.05) is 39.7 Å². The van der Waals surface area contributed by atoms with Gasteiger partial charge in [0, 0.05) is 18.7 Å². The molecule has 1 amide bonds. The first-order valence-corrected chi connectivity index (χ1v) is 7.34. The lowest BCUT2D eigenvalue weighted by Crippen LogP contribution is -2.38. The van der Waals surface area contributed by atoms with Crippen molar-refractivity contribution in [1.82, 2.24) is 4.90 Å². The predicted molar refractivity (Wildman–Crippen MR) is 83.4 cm³/mol. The SMILES string of the molecule is COc1cc(NC(=O)C2CCCN(C)C2)c(OC)cc1Cl. The highest BCUT2D eigenvalue weighted by atomic mass is 35.5. The normalized spacial score (nSPS) is 19.1. The zero-order valence-corrected chi connectivity index (χ0v) is 13.4. The number of carbonyl (C=O) groups is 1. The van der Waals surface area contributed by atoms with Crippen LogP contribution in [0.3, 0.4) is 0 Å². The van der Waals surface area contributed by atoms with Crippen molar-refractivity contribution in [3.63, 3.8) is 0 Å². The van der Waals surface area contributed by atoms with E-state index in [0.717, 1.165) is 25.9 Å². The van der Waals surface area contributed by atoms with E-state index in [0.29, 0.717) is 22.2 Å². The molecule has 1 aromatic rings. The fourth-order valence-electron chi connectivity index (χ4n) is 2.57. The highest BCUT2D eigenvalue weighted by Crippen LogP contribution is 2.36. The van der Waals surface area contributed by atoms with Crippen molar-refractivity contribution in [3.8, 4) is 11.5 Å². The third-order valence-electron chi connectivity index (χ3n) is 3.73. The number of methoxy groups -OCH3 is 2. The molecule has 1 aliphatic rings. The number of likely N-dealkylation sites (tertiary alicyclic amines) is 1. The predicted octanol–water partition coefficient (Wildman–Crippen LogP) is 2.64. The van der Waals surface area contributed by atoms with Crippen LogP contribution >= 0.6 is 11.6 Å². The molecule has 1 unspecified atom stereocenters. The Kier molecular flexibility index (Phi) is 5.31. The number of piperidine rings is 1. The molecule has 1 saturated heterocycles. The van der Waals surface area contributed by atoms with Crippen molar-refractivity contribution >= 4 is 23.2 Å². The van der Waals surface area contributed by atoms with Gasteiger partial charge in [0.15, 0.2) is 0 Å². The topological polar surface area (TPSA) is 50.8 Å². The van der Waals surface area contributed by atoms with Crippen LogP contribution in [0.15, 0.2) is 12.1 Å². The summed E-state index contributed by atoms with van der Waals surface area (Å²) in [6, 6.07) is 3.33. The van der Waals surface area contributed by atoms with Crippen LogP contribution in [0.5, 0.6) is 11.5 Å². The zero-order valence-electron chi connectivity index (χ0n) is 12.6. The number of rotatable bonds is 4. The minimum atomic E-state index is -0.00451. The highest BCUT2D eigenvalue weighted by Gasteiger charge is 2.25. The Morgan fingerprint density at radius 2 is 2.05 bits per heavy atom. The maximum Gasteiger partial charge on any atom is 0.228 e. The van der Waals surface area contributed by atoms with Crippen LogP contribution < -0.4 is 14.8 Å². The summed E-state index contributed by atoms with van der Waals surface area (Å²) >= 11 is 6.06. The number of carbonyl (C=O) groups excluding carboxylic acids is 1. The lowest BCUT2D eigenvalue weighted by molar-refractivity contribution is -0.121. The Morgan fingerprint density at radius 1 is 1.33 bits per heavy atom. The van der Waals surface area contributed by atoms with Gasteiger partial charge in [-0.2, -0.15) is 0 Å². The molecule has 0 aliphatic carbocycles. The first-order valence-electron chi connectivity index (χ1n) is 6.96. The molecule has 0 bridgehead atoms. The molecular weight excluding hydrogens is 292 g/mol. The van der Waals surface area contributed by atoms with E-state index in [4.69, 9.17) is 21.1 Å². The molecule has 1 heterocycles. The van der Waals surface area contributed by atoms with Gasteiger partial charge >= 0.3 is 0 Å². The summed E-state index contributed by atoms with van der Waals surface area (Å²) in [6.45, 7) is 1.82. The third-order valence-corrected chi connectivity index (χ3v) is 4.02. The summed E-state index contributed by atoms with van der Waals surface area (Å²) in [4.78, 5) is 14.6. The molecule has 0 saturated carbocycles. The van der Waals surface area contributed by atoms with Crippen molar-refractivity contribution in [1.29, 1.82) is 0 Å². The van der Waals surface area contributed by atoms with E-state index >= 15 is 0 Å². The minimum Gasteiger partial charge on any atom is -0.495 e. The van der Waals surface area contributed by atoms with Crippen LogP contribution in [-0.2, 0) is 4.79 Å². The summed E-state index contributed by atoms with van der Waals surface area (Å²) in [7, 11) is 5.11. The van der Waals surface area contributed by atoms with E-state index in [9.17, 15) is 4.79 Å². The van der Waals surface area contributed by atoms with Crippen molar-refractivity contribution in [2.24, 2.45) is 5.92 Å². The number of hydrogen-bond donors (Lipinski definition) is 1. The van der Waals surface area contributed by atoms with Crippen LogP contribution in [-0.4, -0.2) is 45.2 Å². The van der Waals surface area contributed by atoms with Crippen LogP contribution in [0, 0.1) is 5.92 Å². The largest absolute Gasteiger partial charge is 0.495 e. The summed E-state index contributed by atoms with van der Waals surface area (Å²) in [5, 5.41) is 3.37. The Balaban J connectivity index is 2.16. The van der Waals surface area contributed by atoms with Crippen LogP contribution in [0.25, 0.3) is 0 Å². The van der Waals surface area contributed by atoms with E-state index in [1.165, 1.54) is 7.11 Å². The lowest BCUT2D eigenvalue weighted by Gasteiger charge is -2.28. The van der Waals surface area contributed by atoms with Gasteiger partial charge in [0.1, 0.15) is 11.5 Å². The quantitative estimate of drug-likeness (QED) is 0.928. The second-order valence-corrected chi connectivity index (χ2v) is 5.68. The summed E-state index contributed by atoms with van der Waals surface area (Å²) in [6.07, 6.45) is 1.94. The number of nitrogens with zero attached hydrogens (tertiary/aromatic N) is 1. The minimum absolute atomic E-state index is 0.00391. The Morgan fingerprint density at radius 3 is 2.67 bits per heavy atom. The van der Waals surface area contributed by atoms with Gasteiger partial charge in [-0.3, -0.25) is 4.79 Å². The zero-order chi connectivity index (χ0) is 15.4. The number of halogens is 1. The van der Waals surface area contributed by atoms with E-state index < -0.39 is 0 Å². The number of hydrogen-bond acceptors (Lipinski definition) is 4. The second kappa shape index (κ2) is 7.00. The average molecular weight is 313 g/mol. The molecule has 1 atom stereocenters. The smallest absolute Gasteiger partial charge is 0.228 e. The van der Waals surface area contributed by atoms with E-state index in [-0.39, 0.29) is 11.8 Å². The third kappa shape index (κ3) is 3.80. The van der Waals surface area contributed by atoms with Gasteiger partial charge in [-0.15, -0.1) is 0 Å². The fourth-order valence-corrected chi connectivity index (χ4v) is 2.80. The molecule has 1 aliphatic heterocycles. The van der Waals surface area contributed by atoms with Crippen molar-refractivity contribution < 1.29 is 14.3 Å². The van der Waals surface area contributed by atoms with E-state index in [1.807, 2.05) is 7.05 Å². The Hall–Kier alpha value is -1.46. The van der Waals surface area contributed by atoms with Gasteiger partial charge in [-0.1, -0.05) is 11.6 Å². The number of anilines is 1. The summed E-state index contributed by atoms with van der Waals surface area (Å²) in [5.74, 6) is 1.03. The molecule has 2 rings (SSSR count). The van der Waals surface area contributed by atoms with Gasteiger partial charge < -0.3 is 19.7 Å². The van der Waals surface area contributed by atoms with Gasteiger partial charge in [-0.05, 0) is 26.4 Å². The Bertz CT molecular complexity index is 522. The highest BCUT2D eigenvalue weighted by molar-refractivity contribution is 6.32. The molecule has 1 fully saturated rings. The maximum absolute atomic E-state index is 12.4. The van der Waals surface area contributed by atoms with Crippen molar-refractivity contribution in [3.05, 3.63) is 17.2 Å². The molecule has 1 N–H and O–H groups in total. The number of nitrogens with one attached hydrogen (secondary N) is 1. The number of ether oxygens (including phenoxy) is 2. The van der Waals surface area contributed by atoms with Gasteiger partial charge in [-0.25, -0.2) is 0 Å². The number of benzene rings is 1. The van der Waals surface area contributed by atoms with Gasteiger partial charge in [0.2, 0.25) is 5.91 Å². The molecule has 1 aromatic carbocycles. The second-order valence-electron chi connectivity index (χ2n) is 5.28. The van der Waals surface area contributed by atoms with E-state index in [1.54, 1.807) is 19.2 Å². The molecule has 21 heavy (non-hydrogen) atoms. The van der Waals surface area contributed by atoms with Crippen LogP contribution in [0.2, 0.25) is 5.02 Å². The molecule has 0 aromatic heterocycles. The van der Waals surface area contributed by atoms with Crippen LogP contribution in [0.1, 0.15) is 12.8 Å². The first kappa shape index (κ1) is 15.9. The average Bonchev–Trinajstić information content (AvgIpc) is 2.48. The summed E-state index contributed by atoms with van der Waals surface area (Å²) in [5.41, 5.74) is 0.581. The van der Waals surface area contributed by atoms with Gasteiger partial charge in [0.05, 0.1) is 30.8 Å². The Labute approximate surface area is 130 Å². The molecule has 5 nitrogen and oxygen atoms in total. The molecule has 116 valence electrons. The standard InChI is InChI=1S/C15H21ClN2O3/c1-18-6-4-5-10(9-18)15(19)17-12-8-13(20-2)11(16)7-14(12)21-3/h7-8,10H,4-6,9H2,1-3H3,(H,17,19). The lowest BCUT2D eigenvalue weighted by atomic mass is 9.97. The van der Waals surface area contributed by atoms with Crippen LogP contribution in [0.4, 0.5) is 5.69 Å². The first-order chi connectivity index (χ1) is 10.0. The number of amides is 1.